The minimum atomic E-state index is -0.931. The van der Waals surface area contributed by atoms with Crippen LogP contribution >= 0.6 is 0 Å². The van der Waals surface area contributed by atoms with Crippen molar-refractivity contribution in [1.29, 1.82) is 5.41 Å². The number of likely N-dealkylation sites (tertiary alicyclic amines) is 1. The van der Waals surface area contributed by atoms with Gasteiger partial charge in [-0.05, 0) is 25.0 Å². The van der Waals surface area contributed by atoms with Crippen molar-refractivity contribution in [1.82, 2.24) is 4.90 Å². The van der Waals surface area contributed by atoms with E-state index in [9.17, 15) is 4.79 Å². The fraction of sp³-hybridized carbons (Fsp3) is 0.333. The average Bonchev–Trinajstić information content (AvgIpc) is 2.81. The second-order valence-corrected chi connectivity index (χ2v) is 3.93. The van der Waals surface area contributed by atoms with Crippen molar-refractivity contribution < 1.29 is 9.90 Å². The third-order valence-electron chi connectivity index (χ3n) is 2.83. The molecule has 84 valence electrons. The van der Waals surface area contributed by atoms with Gasteiger partial charge in [0.25, 0.3) is 0 Å². The number of rotatable bonds is 2. The number of carbonyl (C=O) groups is 1. The van der Waals surface area contributed by atoms with Crippen LogP contribution in [0.3, 0.4) is 0 Å². The first-order valence-corrected chi connectivity index (χ1v) is 5.36. The number of carboxylic acids is 1. The summed E-state index contributed by atoms with van der Waals surface area (Å²) in [5.41, 5.74) is 1.05. The Morgan fingerprint density at radius 1 is 1.12 bits per heavy atom. The van der Waals surface area contributed by atoms with Crippen LogP contribution in [0.4, 0.5) is 0 Å². The second-order valence-electron chi connectivity index (χ2n) is 3.93. The van der Waals surface area contributed by atoms with Gasteiger partial charge in [0, 0.05) is 18.7 Å². The lowest BCUT2D eigenvalue weighted by atomic mass is 10.1. The predicted octanol–water partition coefficient (Wildman–Crippen LogP) is 1.81. The second kappa shape index (κ2) is 4.35. The van der Waals surface area contributed by atoms with Crippen LogP contribution < -0.4 is 0 Å². The number of aromatic carboxylic acids is 1. The number of carboxylic acid groups (broad SMARTS) is 1. The van der Waals surface area contributed by atoms with Gasteiger partial charge in [-0.3, -0.25) is 5.41 Å². The molecule has 2 N–H and O–H groups in total. The summed E-state index contributed by atoms with van der Waals surface area (Å²) in [6, 6.07) is 6.48. The Bertz CT molecular complexity index is 406. The number of hydrogen-bond acceptors (Lipinski definition) is 2. The lowest BCUT2D eigenvalue weighted by molar-refractivity contribution is 0.0697. The van der Waals surface area contributed by atoms with Gasteiger partial charge in [-0.2, -0.15) is 0 Å². The van der Waals surface area contributed by atoms with E-state index in [0.29, 0.717) is 5.84 Å². The number of nitrogens with zero attached hydrogens (tertiary/aromatic N) is 1. The minimum absolute atomic E-state index is 0.262. The largest absolute Gasteiger partial charge is 0.478 e. The van der Waals surface area contributed by atoms with Gasteiger partial charge in [-0.15, -0.1) is 0 Å². The summed E-state index contributed by atoms with van der Waals surface area (Å²) in [6.45, 7) is 1.86. The smallest absolute Gasteiger partial charge is 0.335 e. The molecule has 0 radical (unpaired) electrons. The number of nitrogens with one attached hydrogen (secondary N) is 1. The molecule has 1 fully saturated rings. The van der Waals surface area contributed by atoms with E-state index in [0.717, 1.165) is 31.5 Å². The summed E-state index contributed by atoms with van der Waals surface area (Å²) in [5.74, 6) is -0.436. The first kappa shape index (κ1) is 10.7. The summed E-state index contributed by atoms with van der Waals surface area (Å²) in [6.07, 6.45) is 2.27. The zero-order chi connectivity index (χ0) is 11.5. The van der Waals surface area contributed by atoms with Crippen molar-refractivity contribution in [2.75, 3.05) is 13.1 Å². The van der Waals surface area contributed by atoms with Gasteiger partial charge in [0.05, 0.1) is 5.56 Å². The number of hydrogen-bond donors (Lipinski definition) is 2. The molecular formula is C12H14N2O2. The lowest BCUT2D eigenvalue weighted by Gasteiger charge is -2.18. The Kier molecular flexibility index (Phi) is 2.90. The Labute approximate surface area is 94.0 Å². The van der Waals surface area contributed by atoms with Crippen molar-refractivity contribution in [3.05, 3.63) is 35.4 Å². The molecule has 1 aromatic carbocycles. The topological polar surface area (TPSA) is 64.4 Å². The van der Waals surface area contributed by atoms with E-state index in [1.807, 2.05) is 4.90 Å². The molecule has 4 heteroatoms. The van der Waals surface area contributed by atoms with Gasteiger partial charge < -0.3 is 10.0 Å². The molecule has 1 heterocycles. The minimum Gasteiger partial charge on any atom is -0.478 e. The molecule has 0 bridgehead atoms. The highest BCUT2D eigenvalue weighted by atomic mass is 16.4. The third-order valence-corrected chi connectivity index (χ3v) is 2.83. The van der Waals surface area contributed by atoms with Gasteiger partial charge in [-0.25, -0.2) is 4.79 Å². The molecule has 0 saturated carbocycles. The Morgan fingerprint density at radius 2 is 1.62 bits per heavy atom. The number of amidine groups is 1. The molecule has 2 rings (SSSR count). The monoisotopic (exact) mass is 218 g/mol. The summed E-state index contributed by atoms with van der Waals surface area (Å²) in [7, 11) is 0. The van der Waals surface area contributed by atoms with Crippen molar-refractivity contribution in [2.24, 2.45) is 0 Å². The lowest BCUT2D eigenvalue weighted by Crippen LogP contribution is -2.27. The van der Waals surface area contributed by atoms with Gasteiger partial charge in [-0.1, -0.05) is 12.1 Å². The molecule has 0 atom stereocenters. The molecule has 0 aromatic heterocycles. The summed E-state index contributed by atoms with van der Waals surface area (Å²) in [5, 5.41) is 16.7. The molecule has 16 heavy (non-hydrogen) atoms. The highest BCUT2D eigenvalue weighted by Gasteiger charge is 2.16. The first-order valence-electron chi connectivity index (χ1n) is 5.36. The van der Waals surface area contributed by atoms with E-state index < -0.39 is 5.97 Å². The Balaban J connectivity index is 2.14. The van der Waals surface area contributed by atoms with Gasteiger partial charge in [0.1, 0.15) is 5.84 Å². The van der Waals surface area contributed by atoms with Crippen LogP contribution in [0.5, 0.6) is 0 Å². The zero-order valence-corrected chi connectivity index (χ0v) is 8.94. The zero-order valence-electron chi connectivity index (χ0n) is 8.94. The molecule has 0 unspecified atom stereocenters. The molecule has 1 aliphatic rings. The maximum absolute atomic E-state index is 10.7. The van der Waals surface area contributed by atoms with Crippen molar-refractivity contribution in [2.45, 2.75) is 12.8 Å². The molecule has 0 spiro atoms. The first-order chi connectivity index (χ1) is 7.68. The molecular weight excluding hydrogens is 204 g/mol. The Hall–Kier alpha value is -1.84. The summed E-state index contributed by atoms with van der Waals surface area (Å²) in [4.78, 5) is 12.7. The van der Waals surface area contributed by atoms with Crippen LogP contribution in [0, 0.1) is 5.41 Å². The SMILES string of the molecule is N=C(c1ccc(C(=O)O)cc1)N1CCCC1. The Morgan fingerprint density at radius 3 is 2.12 bits per heavy atom. The van der Waals surface area contributed by atoms with E-state index in [2.05, 4.69) is 0 Å². The van der Waals surface area contributed by atoms with E-state index in [-0.39, 0.29) is 5.56 Å². The van der Waals surface area contributed by atoms with Crippen molar-refractivity contribution >= 4 is 11.8 Å². The molecule has 1 aromatic rings. The van der Waals surface area contributed by atoms with Crippen LogP contribution in [0.2, 0.25) is 0 Å². The van der Waals surface area contributed by atoms with E-state index in [4.69, 9.17) is 10.5 Å². The van der Waals surface area contributed by atoms with Crippen LogP contribution in [0.25, 0.3) is 0 Å². The highest BCUT2D eigenvalue weighted by molar-refractivity contribution is 5.97. The fourth-order valence-corrected chi connectivity index (χ4v) is 1.89. The molecule has 0 aliphatic carbocycles. The summed E-state index contributed by atoms with van der Waals surface area (Å²) >= 11 is 0. The van der Waals surface area contributed by atoms with Crippen molar-refractivity contribution in [3.63, 3.8) is 0 Å². The molecule has 4 nitrogen and oxygen atoms in total. The maximum atomic E-state index is 10.7. The molecule has 1 saturated heterocycles. The summed E-state index contributed by atoms with van der Waals surface area (Å²) < 4.78 is 0. The van der Waals surface area contributed by atoms with Crippen LogP contribution in [-0.4, -0.2) is 34.9 Å². The highest BCUT2D eigenvalue weighted by Crippen LogP contribution is 2.13. The van der Waals surface area contributed by atoms with Gasteiger partial charge in [0.2, 0.25) is 0 Å². The maximum Gasteiger partial charge on any atom is 0.335 e. The molecule has 1 aliphatic heterocycles. The fourth-order valence-electron chi connectivity index (χ4n) is 1.89. The predicted molar refractivity (Wildman–Crippen MR) is 61.0 cm³/mol. The van der Waals surface area contributed by atoms with E-state index >= 15 is 0 Å². The third kappa shape index (κ3) is 2.05. The standard InChI is InChI=1S/C12H14N2O2/c13-11(14-7-1-2-8-14)9-3-5-10(6-4-9)12(15)16/h3-6,13H,1-2,7-8H2,(H,15,16). The number of benzene rings is 1. The van der Waals surface area contributed by atoms with Gasteiger partial charge in [0.15, 0.2) is 0 Å². The van der Waals surface area contributed by atoms with Gasteiger partial charge >= 0.3 is 5.97 Å². The van der Waals surface area contributed by atoms with Crippen molar-refractivity contribution in [3.8, 4) is 0 Å². The van der Waals surface area contributed by atoms with E-state index in [1.54, 1.807) is 24.3 Å². The van der Waals surface area contributed by atoms with Crippen LogP contribution in [-0.2, 0) is 0 Å². The normalized spacial score (nSPS) is 15.1. The quantitative estimate of drug-likeness (QED) is 0.587. The molecule has 0 amide bonds. The van der Waals surface area contributed by atoms with Crippen LogP contribution in [0.1, 0.15) is 28.8 Å². The van der Waals surface area contributed by atoms with Crippen LogP contribution in [0.15, 0.2) is 24.3 Å². The average molecular weight is 218 g/mol. The van der Waals surface area contributed by atoms with E-state index in [1.165, 1.54) is 0 Å².